The van der Waals surface area contributed by atoms with Gasteiger partial charge in [0.05, 0.1) is 11.2 Å². The zero-order valence-electron chi connectivity index (χ0n) is 16.9. The van der Waals surface area contributed by atoms with Crippen LogP contribution in [0.2, 0.25) is 0 Å². The van der Waals surface area contributed by atoms with Crippen LogP contribution in [0, 0.1) is 23.2 Å². The molecule has 7 heteroatoms. The van der Waals surface area contributed by atoms with Crippen LogP contribution in [0.3, 0.4) is 0 Å². The van der Waals surface area contributed by atoms with Gasteiger partial charge in [-0.05, 0) is 86.0 Å². The number of benzene rings is 1. The number of hydrogen-bond donors (Lipinski definition) is 2. The second kappa shape index (κ2) is 8.02. The van der Waals surface area contributed by atoms with Gasteiger partial charge in [-0.1, -0.05) is 0 Å². The van der Waals surface area contributed by atoms with E-state index in [1.807, 2.05) is 5.38 Å². The summed E-state index contributed by atoms with van der Waals surface area (Å²) in [4.78, 5) is 29.1. The van der Waals surface area contributed by atoms with Crippen molar-refractivity contribution in [2.75, 3.05) is 0 Å². The molecule has 1 heterocycles. The van der Waals surface area contributed by atoms with Crippen LogP contribution in [0.25, 0.3) is 0 Å². The Morgan fingerprint density at radius 3 is 2.30 bits per heavy atom. The fourth-order valence-corrected chi connectivity index (χ4v) is 6.80. The summed E-state index contributed by atoms with van der Waals surface area (Å²) >= 11 is 1.53. The number of rotatable bonds is 6. The van der Waals surface area contributed by atoms with Crippen molar-refractivity contribution in [2.45, 2.75) is 51.6 Å². The molecule has 0 atom stereocenters. The van der Waals surface area contributed by atoms with E-state index in [4.69, 9.17) is 4.74 Å². The largest absolute Gasteiger partial charge is 0.487 e. The summed E-state index contributed by atoms with van der Waals surface area (Å²) in [6, 6.07) is 6.88. The topological polar surface area (TPSA) is 80.3 Å². The van der Waals surface area contributed by atoms with Gasteiger partial charge in [0, 0.05) is 17.4 Å². The zero-order chi connectivity index (χ0) is 20.6. The number of carbonyl (C=O) groups excluding carboxylic acids is 2. The minimum atomic E-state index is -0.320. The highest BCUT2D eigenvalue weighted by molar-refractivity contribution is 7.07. The molecular formula is C23H27N3O3S. The minimum absolute atomic E-state index is 0.0754. The first kappa shape index (κ1) is 19.5. The van der Waals surface area contributed by atoms with Crippen molar-refractivity contribution in [2.24, 2.45) is 23.2 Å². The fraction of sp³-hybridized carbons (Fsp3) is 0.522. The highest BCUT2D eigenvalue weighted by Crippen LogP contribution is 2.61. The van der Waals surface area contributed by atoms with Gasteiger partial charge in [0.1, 0.15) is 12.4 Å². The predicted molar refractivity (Wildman–Crippen MR) is 114 cm³/mol. The summed E-state index contributed by atoms with van der Waals surface area (Å²) < 4.78 is 5.66. The van der Waals surface area contributed by atoms with Crippen LogP contribution in [0.4, 0.5) is 0 Å². The molecule has 4 bridgehead atoms. The van der Waals surface area contributed by atoms with Crippen LogP contribution in [0.5, 0.6) is 5.75 Å². The first-order valence-electron chi connectivity index (χ1n) is 10.8. The molecule has 30 heavy (non-hydrogen) atoms. The van der Waals surface area contributed by atoms with Gasteiger partial charge < -0.3 is 4.74 Å². The Morgan fingerprint density at radius 2 is 1.70 bits per heavy atom. The SMILES string of the molecule is O=C(CC12CC3CC(CC(C3)C1)C2)NNC(=O)c1ccc(OCc2cscn2)cc1. The standard InChI is InChI=1S/C23H27N3O3S/c27-21(11-23-8-15-5-16(9-23)7-17(6-15)10-23)25-26-22(28)18-1-3-20(4-2-18)29-12-19-13-30-14-24-19/h1-4,13-17H,5-12H2,(H,25,27)(H,26,28). The molecule has 0 saturated heterocycles. The van der Waals surface area contributed by atoms with Crippen molar-refractivity contribution in [1.82, 2.24) is 15.8 Å². The molecule has 1 aromatic carbocycles. The van der Waals surface area contributed by atoms with E-state index in [1.165, 1.54) is 49.9 Å². The van der Waals surface area contributed by atoms with Crippen molar-refractivity contribution in [3.8, 4) is 5.75 Å². The number of ether oxygens (including phenoxy) is 1. The molecule has 4 aliphatic rings. The molecule has 6 nitrogen and oxygen atoms in total. The number of hydrogen-bond acceptors (Lipinski definition) is 5. The van der Waals surface area contributed by atoms with Crippen molar-refractivity contribution >= 4 is 23.2 Å². The number of aromatic nitrogens is 1. The average Bonchev–Trinajstić information content (AvgIpc) is 3.23. The summed E-state index contributed by atoms with van der Waals surface area (Å²) in [7, 11) is 0. The van der Waals surface area contributed by atoms with Gasteiger partial charge in [-0.2, -0.15) is 0 Å². The van der Waals surface area contributed by atoms with Gasteiger partial charge in [-0.15, -0.1) is 11.3 Å². The third kappa shape index (κ3) is 4.21. The molecule has 0 aliphatic heterocycles. The maximum Gasteiger partial charge on any atom is 0.269 e. The molecule has 0 spiro atoms. The van der Waals surface area contributed by atoms with Crippen molar-refractivity contribution in [3.05, 3.63) is 46.4 Å². The molecule has 2 N–H and O–H groups in total. The Bertz CT molecular complexity index is 875. The first-order chi connectivity index (χ1) is 14.6. The molecule has 6 rings (SSSR count). The fourth-order valence-electron chi connectivity index (χ4n) is 6.26. The predicted octanol–water partition coefficient (Wildman–Crippen LogP) is 4.09. The van der Waals surface area contributed by atoms with Crippen molar-refractivity contribution < 1.29 is 14.3 Å². The van der Waals surface area contributed by atoms with E-state index >= 15 is 0 Å². The lowest BCUT2D eigenvalue weighted by molar-refractivity contribution is -0.130. The van der Waals surface area contributed by atoms with Gasteiger partial charge in [0.15, 0.2) is 0 Å². The van der Waals surface area contributed by atoms with E-state index in [1.54, 1.807) is 29.8 Å². The second-order valence-corrected chi connectivity index (χ2v) is 10.1. The number of nitrogens with one attached hydrogen (secondary N) is 2. The van der Waals surface area contributed by atoms with Crippen LogP contribution < -0.4 is 15.6 Å². The molecule has 4 fully saturated rings. The summed E-state index contributed by atoms with van der Waals surface area (Å²) in [6.45, 7) is 0.398. The van der Waals surface area contributed by atoms with Crippen LogP contribution in [-0.2, 0) is 11.4 Å². The lowest BCUT2D eigenvalue weighted by Gasteiger charge is -2.56. The number of amides is 2. The first-order valence-corrected chi connectivity index (χ1v) is 11.7. The van der Waals surface area contributed by atoms with Crippen LogP contribution >= 0.6 is 11.3 Å². The van der Waals surface area contributed by atoms with E-state index in [2.05, 4.69) is 15.8 Å². The number of carbonyl (C=O) groups is 2. The van der Waals surface area contributed by atoms with Crippen molar-refractivity contribution in [3.63, 3.8) is 0 Å². The summed E-state index contributed by atoms with van der Waals surface area (Å²) in [5.74, 6) is 2.72. The lowest BCUT2D eigenvalue weighted by atomic mass is 9.49. The van der Waals surface area contributed by atoms with Gasteiger partial charge in [0.25, 0.3) is 5.91 Å². The summed E-state index contributed by atoms with van der Waals surface area (Å²) in [6.07, 6.45) is 8.16. The lowest BCUT2D eigenvalue weighted by Crippen LogP contribution is -2.50. The van der Waals surface area contributed by atoms with Gasteiger partial charge in [-0.3, -0.25) is 20.4 Å². The van der Waals surface area contributed by atoms with E-state index in [-0.39, 0.29) is 17.2 Å². The maximum atomic E-state index is 12.6. The van der Waals surface area contributed by atoms with Gasteiger partial charge in [-0.25, -0.2) is 4.98 Å². The summed E-state index contributed by atoms with van der Waals surface area (Å²) in [5, 5.41) is 1.94. The van der Waals surface area contributed by atoms with E-state index in [9.17, 15) is 9.59 Å². The Labute approximate surface area is 180 Å². The monoisotopic (exact) mass is 425 g/mol. The number of nitrogens with zero attached hydrogens (tertiary/aromatic N) is 1. The maximum absolute atomic E-state index is 12.6. The molecule has 0 radical (unpaired) electrons. The van der Waals surface area contributed by atoms with E-state index < -0.39 is 0 Å². The molecule has 2 amide bonds. The third-order valence-corrected chi connectivity index (χ3v) is 7.64. The Hall–Kier alpha value is -2.41. The zero-order valence-corrected chi connectivity index (χ0v) is 17.7. The van der Waals surface area contributed by atoms with E-state index in [0.29, 0.717) is 24.3 Å². The van der Waals surface area contributed by atoms with Crippen molar-refractivity contribution in [1.29, 1.82) is 0 Å². The molecular weight excluding hydrogens is 398 g/mol. The molecule has 0 unspecified atom stereocenters. The molecule has 4 saturated carbocycles. The Kier molecular flexibility index (Phi) is 5.23. The second-order valence-electron chi connectivity index (χ2n) is 9.39. The van der Waals surface area contributed by atoms with Gasteiger partial charge >= 0.3 is 0 Å². The van der Waals surface area contributed by atoms with Crippen LogP contribution in [0.1, 0.15) is 61.0 Å². The molecule has 2 aromatic rings. The molecule has 4 aliphatic carbocycles. The Morgan fingerprint density at radius 1 is 1.03 bits per heavy atom. The van der Waals surface area contributed by atoms with Crippen LogP contribution in [-0.4, -0.2) is 16.8 Å². The number of thiazole rings is 1. The number of hydrazine groups is 1. The molecule has 1 aromatic heterocycles. The van der Waals surface area contributed by atoms with E-state index in [0.717, 1.165) is 23.4 Å². The third-order valence-electron chi connectivity index (χ3n) is 7.00. The van der Waals surface area contributed by atoms with Gasteiger partial charge in [0.2, 0.25) is 5.91 Å². The normalized spacial score (nSPS) is 28.9. The molecule has 158 valence electrons. The smallest absolute Gasteiger partial charge is 0.269 e. The van der Waals surface area contributed by atoms with Crippen LogP contribution in [0.15, 0.2) is 35.2 Å². The quantitative estimate of drug-likeness (QED) is 0.683. The average molecular weight is 426 g/mol. The highest BCUT2D eigenvalue weighted by Gasteiger charge is 2.51. The summed E-state index contributed by atoms with van der Waals surface area (Å²) in [5.41, 5.74) is 8.49. The highest BCUT2D eigenvalue weighted by atomic mass is 32.1. The minimum Gasteiger partial charge on any atom is -0.487 e. The Balaban J connectivity index is 1.10.